The topological polar surface area (TPSA) is 106 Å². The van der Waals surface area contributed by atoms with Gasteiger partial charge < -0.3 is 25.4 Å². The van der Waals surface area contributed by atoms with Gasteiger partial charge in [0.25, 0.3) is 11.8 Å². The number of ether oxygens (including phenoxy) is 2. The van der Waals surface area contributed by atoms with Crippen molar-refractivity contribution >= 4 is 62.9 Å². The Hall–Kier alpha value is -4.61. The first-order chi connectivity index (χ1) is 20.7. The molecule has 0 aromatic heterocycles. The molecular weight excluding hydrogens is 637 g/mol. The molecule has 0 aliphatic rings. The first kappa shape index (κ1) is 31.3. The number of hydrogen-bond acceptors (Lipinski definition) is 6. The summed E-state index contributed by atoms with van der Waals surface area (Å²) in [5.41, 5.74) is 1.50. The fraction of sp³-hybridized carbons (Fsp3) is 0.0938. The lowest BCUT2D eigenvalue weighted by Crippen LogP contribution is -2.30. The summed E-state index contributed by atoms with van der Waals surface area (Å²) >= 11 is 4.40. The molecule has 0 aliphatic heterocycles. The van der Waals surface area contributed by atoms with Crippen molar-refractivity contribution in [3.05, 3.63) is 118 Å². The van der Waals surface area contributed by atoms with Crippen LogP contribution in [0.5, 0.6) is 11.5 Å². The second-order valence-corrected chi connectivity index (χ2v) is 10.9. The average Bonchev–Trinajstić information content (AvgIpc) is 3.01. The maximum atomic E-state index is 14.1. The van der Waals surface area contributed by atoms with E-state index in [9.17, 15) is 18.8 Å². The summed E-state index contributed by atoms with van der Waals surface area (Å²) in [7, 11) is 3.03. The van der Waals surface area contributed by atoms with E-state index in [4.69, 9.17) is 9.47 Å². The van der Waals surface area contributed by atoms with Crippen LogP contribution in [0.15, 0.2) is 106 Å². The molecule has 0 bridgehead atoms. The zero-order chi connectivity index (χ0) is 30.8. The number of methoxy groups -OCH3 is 2. The fourth-order valence-electron chi connectivity index (χ4n) is 3.84. The number of anilines is 2. The summed E-state index contributed by atoms with van der Waals surface area (Å²) in [6.45, 7) is 0. The Balaban J connectivity index is 1.49. The SMILES string of the molecule is COc1ccc(/C=C(/NC(=O)c2ccccc2)C(=O)Nc2cccc(SCC(=O)Nc3ccc(Br)cc3F)c2)cc1OC. The molecule has 11 heteroatoms. The number of benzene rings is 4. The molecule has 0 saturated carbocycles. The minimum Gasteiger partial charge on any atom is -0.493 e. The average molecular weight is 665 g/mol. The minimum atomic E-state index is -0.565. The number of hydrogen-bond donors (Lipinski definition) is 3. The quantitative estimate of drug-likeness (QED) is 0.121. The molecule has 0 aliphatic carbocycles. The summed E-state index contributed by atoms with van der Waals surface area (Å²) in [5, 5.41) is 8.05. The summed E-state index contributed by atoms with van der Waals surface area (Å²) in [6.07, 6.45) is 1.53. The van der Waals surface area contributed by atoms with Gasteiger partial charge in [-0.05, 0) is 72.3 Å². The predicted octanol–water partition coefficient (Wildman–Crippen LogP) is 6.75. The number of thioether (sulfide) groups is 1. The van der Waals surface area contributed by atoms with Crippen molar-refractivity contribution in [2.45, 2.75) is 4.90 Å². The van der Waals surface area contributed by atoms with Gasteiger partial charge >= 0.3 is 0 Å². The lowest BCUT2D eigenvalue weighted by atomic mass is 10.1. The maximum absolute atomic E-state index is 14.1. The van der Waals surface area contributed by atoms with E-state index < -0.39 is 17.6 Å². The van der Waals surface area contributed by atoms with Crippen LogP contribution in [0.25, 0.3) is 6.08 Å². The van der Waals surface area contributed by atoms with Crippen LogP contribution in [-0.4, -0.2) is 37.7 Å². The molecule has 3 N–H and O–H groups in total. The van der Waals surface area contributed by atoms with Gasteiger partial charge in [-0.15, -0.1) is 11.8 Å². The lowest BCUT2D eigenvalue weighted by Gasteiger charge is -2.13. The van der Waals surface area contributed by atoms with Gasteiger partial charge in [0.1, 0.15) is 11.5 Å². The molecule has 43 heavy (non-hydrogen) atoms. The number of amides is 3. The summed E-state index contributed by atoms with van der Waals surface area (Å²) in [5.74, 6) is -0.960. The molecule has 0 radical (unpaired) electrons. The molecule has 8 nitrogen and oxygen atoms in total. The Morgan fingerprint density at radius 3 is 2.35 bits per heavy atom. The van der Waals surface area contributed by atoms with Crippen molar-refractivity contribution in [1.29, 1.82) is 0 Å². The molecule has 4 rings (SSSR count). The highest BCUT2D eigenvalue weighted by Gasteiger charge is 2.16. The van der Waals surface area contributed by atoms with E-state index in [1.54, 1.807) is 78.9 Å². The standard InChI is InChI=1S/C32H27BrFN3O5S/c1-41-28-14-11-20(16-29(28)42-2)15-27(37-31(39)21-7-4-3-5-8-21)32(40)35-23-9-6-10-24(18-23)43-19-30(38)36-26-13-12-22(33)17-25(26)34/h3-18H,19H2,1-2H3,(H,35,40)(H,36,38)(H,37,39)/b27-15+. The van der Waals surface area contributed by atoms with Crippen molar-refractivity contribution < 1.29 is 28.2 Å². The second kappa shape index (κ2) is 15.0. The van der Waals surface area contributed by atoms with Crippen molar-refractivity contribution in [2.24, 2.45) is 0 Å². The first-order valence-corrected chi connectivity index (χ1v) is 14.6. The van der Waals surface area contributed by atoms with Crippen molar-refractivity contribution in [1.82, 2.24) is 5.32 Å². The molecule has 220 valence electrons. The number of carbonyl (C=O) groups excluding carboxylic acids is 3. The minimum absolute atomic E-state index is 0.00460. The molecule has 0 unspecified atom stereocenters. The number of nitrogens with one attached hydrogen (secondary N) is 3. The second-order valence-electron chi connectivity index (χ2n) is 8.94. The third-order valence-corrected chi connectivity index (χ3v) is 7.40. The van der Waals surface area contributed by atoms with E-state index in [-0.39, 0.29) is 23.0 Å². The molecule has 0 atom stereocenters. The van der Waals surface area contributed by atoms with Crippen molar-refractivity contribution in [3.63, 3.8) is 0 Å². The van der Waals surface area contributed by atoms with E-state index in [0.717, 1.165) is 0 Å². The molecule has 0 spiro atoms. The molecule has 0 saturated heterocycles. The Morgan fingerprint density at radius 1 is 0.860 bits per heavy atom. The summed E-state index contributed by atoms with van der Waals surface area (Å²) < 4.78 is 25.3. The van der Waals surface area contributed by atoms with Crippen LogP contribution >= 0.6 is 27.7 Å². The van der Waals surface area contributed by atoms with Crippen LogP contribution in [0.4, 0.5) is 15.8 Å². The molecule has 3 amide bonds. The zero-order valence-corrected chi connectivity index (χ0v) is 25.6. The highest BCUT2D eigenvalue weighted by molar-refractivity contribution is 9.10. The Kier molecular flexibility index (Phi) is 11.0. The van der Waals surface area contributed by atoms with Gasteiger partial charge in [-0.25, -0.2) is 4.39 Å². The molecule has 4 aromatic rings. The van der Waals surface area contributed by atoms with E-state index in [1.165, 1.54) is 44.2 Å². The van der Waals surface area contributed by atoms with E-state index in [1.807, 2.05) is 0 Å². The Bertz CT molecular complexity index is 1670. The normalized spacial score (nSPS) is 10.9. The highest BCUT2D eigenvalue weighted by atomic mass is 79.9. The number of carbonyl (C=O) groups is 3. The smallest absolute Gasteiger partial charge is 0.272 e. The van der Waals surface area contributed by atoms with Crippen molar-refractivity contribution in [3.8, 4) is 11.5 Å². The number of rotatable bonds is 11. The maximum Gasteiger partial charge on any atom is 0.272 e. The molecule has 0 fully saturated rings. The lowest BCUT2D eigenvalue weighted by molar-refractivity contribution is -0.114. The van der Waals surface area contributed by atoms with Crippen molar-refractivity contribution in [2.75, 3.05) is 30.6 Å². The van der Waals surface area contributed by atoms with Gasteiger partial charge in [-0.2, -0.15) is 0 Å². The largest absolute Gasteiger partial charge is 0.493 e. The van der Waals surface area contributed by atoms with E-state index in [2.05, 4.69) is 31.9 Å². The monoisotopic (exact) mass is 663 g/mol. The third kappa shape index (κ3) is 8.94. The van der Waals surface area contributed by atoms with Crippen LogP contribution in [0, 0.1) is 5.82 Å². The summed E-state index contributed by atoms with van der Waals surface area (Å²) in [6, 6.07) is 24.9. The third-order valence-electron chi connectivity index (χ3n) is 5.91. The Morgan fingerprint density at radius 2 is 1.63 bits per heavy atom. The molecule has 0 heterocycles. The number of halogens is 2. The van der Waals surface area contributed by atoms with Gasteiger partial charge in [-0.3, -0.25) is 14.4 Å². The van der Waals surface area contributed by atoms with Gasteiger partial charge in [0.05, 0.1) is 25.7 Å². The molecular formula is C32H27BrFN3O5S. The van der Waals surface area contributed by atoms with Crippen LogP contribution < -0.4 is 25.4 Å². The van der Waals surface area contributed by atoms with Gasteiger partial charge in [0.2, 0.25) is 5.91 Å². The zero-order valence-electron chi connectivity index (χ0n) is 23.2. The molecule has 4 aromatic carbocycles. The predicted molar refractivity (Wildman–Crippen MR) is 170 cm³/mol. The van der Waals surface area contributed by atoms with E-state index in [0.29, 0.717) is 37.7 Å². The van der Waals surface area contributed by atoms with Gasteiger partial charge in [0, 0.05) is 20.6 Å². The first-order valence-electron chi connectivity index (χ1n) is 12.8. The fourth-order valence-corrected chi connectivity index (χ4v) is 4.93. The highest BCUT2D eigenvalue weighted by Crippen LogP contribution is 2.29. The van der Waals surface area contributed by atoms with Crippen LogP contribution in [0.1, 0.15) is 15.9 Å². The van der Waals surface area contributed by atoms with Gasteiger partial charge in [0.15, 0.2) is 11.5 Å². The van der Waals surface area contributed by atoms with Crippen LogP contribution in [-0.2, 0) is 9.59 Å². The summed E-state index contributed by atoms with van der Waals surface area (Å²) in [4.78, 5) is 39.5. The van der Waals surface area contributed by atoms with Gasteiger partial charge in [-0.1, -0.05) is 46.3 Å². The van der Waals surface area contributed by atoms with Crippen LogP contribution in [0.2, 0.25) is 0 Å². The Labute approximate surface area is 260 Å². The van der Waals surface area contributed by atoms with Crippen LogP contribution in [0.3, 0.4) is 0 Å². The van der Waals surface area contributed by atoms with E-state index >= 15 is 0 Å².